The number of aromatic nitrogens is 1. The Hall–Kier alpha value is -2.92. The zero-order valence-electron chi connectivity index (χ0n) is 18.6. The number of sulfonamides is 1. The first-order valence-corrected chi connectivity index (χ1v) is 13.1. The average molecular weight is 500 g/mol. The number of nitrogens with zero attached hydrogens (tertiary/aromatic N) is 2. The number of para-hydroxylation sites is 1. The van der Waals surface area contributed by atoms with Crippen molar-refractivity contribution >= 4 is 33.4 Å². The number of anilines is 1. The van der Waals surface area contributed by atoms with Crippen LogP contribution in [0.15, 0.2) is 82.8 Å². The second-order valence-corrected chi connectivity index (χ2v) is 10.8. The summed E-state index contributed by atoms with van der Waals surface area (Å²) >= 11 is 1.25. The van der Waals surface area contributed by atoms with E-state index in [1.165, 1.54) is 28.3 Å². The van der Waals surface area contributed by atoms with Gasteiger partial charge in [0.25, 0.3) is 0 Å². The molecule has 0 saturated carbocycles. The first-order valence-electron chi connectivity index (χ1n) is 10.8. The molecular weight excluding hydrogens is 474 g/mol. The van der Waals surface area contributed by atoms with Crippen molar-refractivity contribution in [1.29, 1.82) is 0 Å². The fourth-order valence-corrected chi connectivity index (χ4v) is 5.38. The summed E-state index contributed by atoms with van der Waals surface area (Å²) in [5.74, 6) is 1.22. The average Bonchev–Trinajstić information content (AvgIpc) is 2.87. The van der Waals surface area contributed by atoms with Crippen molar-refractivity contribution in [2.45, 2.75) is 22.1 Å². The molecule has 1 aromatic heterocycles. The Labute approximate surface area is 203 Å². The van der Waals surface area contributed by atoms with Crippen LogP contribution in [0.1, 0.15) is 6.92 Å². The lowest BCUT2D eigenvalue weighted by Crippen LogP contribution is -2.40. The summed E-state index contributed by atoms with van der Waals surface area (Å²) in [5, 5.41) is 3.00. The second-order valence-electron chi connectivity index (χ2n) is 7.54. The highest BCUT2D eigenvalue weighted by Crippen LogP contribution is 2.26. The van der Waals surface area contributed by atoms with Crippen molar-refractivity contribution in [3.63, 3.8) is 0 Å². The van der Waals surface area contributed by atoms with Crippen LogP contribution in [0.4, 0.5) is 5.69 Å². The molecule has 1 atom stereocenters. The molecule has 1 saturated heterocycles. The Bertz CT molecular complexity index is 1200. The van der Waals surface area contributed by atoms with E-state index in [0.29, 0.717) is 42.8 Å². The molecule has 1 aliphatic rings. The van der Waals surface area contributed by atoms with Gasteiger partial charge in [-0.15, -0.1) is 0 Å². The largest absolute Gasteiger partial charge is 0.457 e. The number of benzene rings is 2. The van der Waals surface area contributed by atoms with Gasteiger partial charge in [0, 0.05) is 25.0 Å². The lowest BCUT2D eigenvalue weighted by atomic mass is 10.3. The van der Waals surface area contributed by atoms with E-state index in [2.05, 4.69) is 10.3 Å². The van der Waals surface area contributed by atoms with Gasteiger partial charge in [0.2, 0.25) is 15.9 Å². The van der Waals surface area contributed by atoms with Gasteiger partial charge in [-0.3, -0.25) is 4.79 Å². The highest BCUT2D eigenvalue weighted by atomic mass is 32.2. The number of nitrogens with one attached hydrogen (secondary N) is 1. The zero-order valence-corrected chi connectivity index (χ0v) is 20.2. The number of morpholine rings is 1. The Balaban J connectivity index is 1.31. The molecular formula is C24H25N3O5S2. The van der Waals surface area contributed by atoms with Crippen molar-refractivity contribution in [2.75, 3.05) is 31.6 Å². The minimum absolute atomic E-state index is 0.133. The number of rotatable bonds is 8. The molecule has 34 heavy (non-hydrogen) atoms. The van der Waals surface area contributed by atoms with E-state index in [-0.39, 0.29) is 10.8 Å². The normalized spacial score (nSPS) is 15.4. The van der Waals surface area contributed by atoms with Crippen molar-refractivity contribution in [1.82, 2.24) is 9.29 Å². The molecule has 1 fully saturated rings. The van der Waals surface area contributed by atoms with Crippen LogP contribution in [0.3, 0.4) is 0 Å². The van der Waals surface area contributed by atoms with Crippen molar-refractivity contribution in [3.05, 3.63) is 72.9 Å². The number of carbonyl (C=O) groups excluding carboxylic acids is 1. The fraction of sp³-hybridized carbons (Fsp3) is 0.250. The van der Waals surface area contributed by atoms with Gasteiger partial charge < -0.3 is 14.8 Å². The number of carbonyl (C=O) groups is 1. The van der Waals surface area contributed by atoms with Gasteiger partial charge in [0.05, 0.1) is 23.5 Å². The third-order valence-corrected chi connectivity index (χ3v) is 8.02. The molecule has 1 aliphatic heterocycles. The van der Waals surface area contributed by atoms with Crippen molar-refractivity contribution < 1.29 is 22.7 Å². The topological polar surface area (TPSA) is 97.8 Å². The molecule has 8 nitrogen and oxygen atoms in total. The molecule has 4 rings (SSSR count). The minimum atomic E-state index is -3.60. The number of amides is 1. The van der Waals surface area contributed by atoms with Crippen LogP contribution in [0.2, 0.25) is 0 Å². The standard InChI is InChI=1S/C24H25N3O5S2/c1-18(24(28)26-19-7-9-21(10-8-19)32-20-5-3-2-4-6-20)33-23-12-11-22(17-25-23)34(29,30)27-13-15-31-16-14-27/h2-12,17-18H,13-16H2,1H3,(H,26,28). The van der Waals surface area contributed by atoms with Gasteiger partial charge in [0.1, 0.15) is 16.4 Å². The molecule has 1 amide bonds. The summed E-state index contributed by atoms with van der Waals surface area (Å²) in [6, 6.07) is 19.7. The van der Waals surface area contributed by atoms with E-state index >= 15 is 0 Å². The summed E-state index contributed by atoms with van der Waals surface area (Å²) < 4.78 is 37.8. The van der Waals surface area contributed by atoms with Crippen LogP contribution < -0.4 is 10.1 Å². The SMILES string of the molecule is CC(Sc1ccc(S(=O)(=O)N2CCOCC2)cn1)C(=O)Nc1ccc(Oc2ccccc2)cc1. The van der Waals surface area contributed by atoms with E-state index in [9.17, 15) is 13.2 Å². The number of pyridine rings is 1. The van der Waals surface area contributed by atoms with Gasteiger partial charge in [-0.1, -0.05) is 30.0 Å². The molecule has 0 aliphatic carbocycles. The highest BCUT2D eigenvalue weighted by Gasteiger charge is 2.26. The number of ether oxygens (including phenoxy) is 2. The summed E-state index contributed by atoms with van der Waals surface area (Å²) in [6.45, 7) is 3.20. The van der Waals surface area contributed by atoms with Crippen molar-refractivity contribution in [3.8, 4) is 11.5 Å². The smallest absolute Gasteiger partial charge is 0.244 e. The Morgan fingerprint density at radius 1 is 1.03 bits per heavy atom. The molecule has 0 radical (unpaired) electrons. The minimum Gasteiger partial charge on any atom is -0.457 e. The zero-order chi connectivity index (χ0) is 24.0. The summed E-state index contributed by atoms with van der Waals surface area (Å²) in [7, 11) is -3.60. The van der Waals surface area contributed by atoms with Crippen LogP contribution in [0, 0.1) is 0 Å². The fourth-order valence-electron chi connectivity index (χ4n) is 3.23. The predicted molar refractivity (Wildman–Crippen MR) is 131 cm³/mol. The maximum Gasteiger partial charge on any atom is 0.244 e. The van der Waals surface area contributed by atoms with E-state index < -0.39 is 15.3 Å². The maximum absolute atomic E-state index is 12.7. The van der Waals surface area contributed by atoms with Gasteiger partial charge in [0.15, 0.2) is 0 Å². The first-order chi connectivity index (χ1) is 16.4. The maximum atomic E-state index is 12.7. The third-order valence-electron chi connectivity index (χ3n) is 5.08. The highest BCUT2D eigenvalue weighted by molar-refractivity contribution is 8.00. The Morgan fingerprint density at radius 2 is 1.71 bits per heavy atom. The summed E-state index contributed by atoms with van der Waals surface area (Å²) in [5.41, 5.74) is 0.651. The lowest BCUT2D eigenvalue weighted by Gasteiger charge is -2.25. The predicted octanol–water partition coefficient (Wildman–Crippen LogP) is 4.01. The van der Waals surface area contributed by atoms with Crippen LogP contribution in [0.25, 0.3) is 0 Å². The molecule has 2 aromatic carbocycles. The van der Waals surface area contributed by atoms with Crippen LogP contribution >= 0.6 is 11.8 Å². The molecule has 2 heterocycles. The van der Waals surface area contributed by atoms with E-state index in [4.69, 9.17) is 9.47 Å². The Kier molecular flexibility index (Phi) is 7.84. The summed E-state index contributed by atoms with van der Waals surface area (Å²) in [4.78, 5) is 17.0. The second kappa shape index (κ2) is 11.0. The van der Waals surface area contributed by atoms with Crippen LogP contribution in [0.5, 0.6) is 11.5 Å². The van der Waals surface area contributed by atoms with Crippen LogP contribution in [-0.2, 0) is 19.6 Å². The van der Waals surface area contributed by atoms with Gasteiger partial charge >= 0.3 is 0 Å². The molecule has 0 bridgehead atoms. The number of thioether (sulfide) groups is 1. The van der Waals surface area contributed by atoms with Gasteiger partial charge in [-0.2, -0.15) is 4.31 Å². The number of hydrogen-bond donors (Lipinski definition) is 1. The monoisotopic (exact) mass is 499 g/mol. The van der Waals surface area contributed by atoms with E-state index in [1.807, 2.05) is 30.3 Å². The molecule has 1 unspecified atom stereocenters. The third kappa shape index (κ3) is 6.15. The first kappa shape index (κ1) is 24.2. The quantitative estimate of drug-likeness (QED) is 0.468. The molecule has 3 aromatic rings. The lowest BCUT2D eigenvalue weighted by molar-refractivity contribution is -0.115. The molecule has 178 valence electrons. The van der Waals surface area contributed by atoms with E-state index in [1.54, 1.807) is 37.3 Å². The summed E-state index contributed by atoms with van der Waals surface area (Å²) in [6.07, 6.45) is 1.34. The van der Waals surface area contributed by atoms with Crippen molar-refractivity contribution in [2.24, 2.45) is 0 Å². The van der Waals surface area contributed by atoms with Crippen LogP contribution in [-0.4, -0.2) is 55.2 Å². The van der Waals surface area contributed by atoms with Gasteiger partial charge in [-0.05, 0) is 55.5 Å². The van der Waals surface area contributed by atoms with E-state index in [0.717, 1.165) is 5.75 Å². The number of hydrogen-bond acceptors (Lipinski definition) is 7. The molecule has 10 heteroatoms. The molecule has 0 spiro atoms. The molecule has 1 N–H and O–H groups in total. The Morgan fingerprint density at radius 3 is 2.35 bits per heavy atom. The van der Waals surface area contributed by atoms with Gasteiger partial charge in [-0.25, -0.2) is 13.4 Å².